The fourth-order valence-corrected chi connectivity index (χ4v) is 4.23. The largest absolute Gasteiger partial charge is 0.360 e. The summed E-state index contributed by atoms with van der Waals surface area (Å²) in [5.41, 5.74) is 0.336. The average Bonchev–Trinajstić information content (AvgIpc) is 2.16. The lowest BCUT2D eigenvalue weighted by atomic mass is 10.4. The predicted molar refractivity (Wildman–Crippen MR) is 71.3 cm³/mol. The molecule has 0 atom stereocenters. The normalized spacial score (nSPS) is 12.1. The molecule has 0 saturated carbocycles. The second-order valence-corrected chi connectivity index (χ2v) is 7.96. The van der Waals surface area contributed by atoms with Gasteiger partial charge in [-0.2, -0.15) is 0 Å². The van der Waals surface area contributed by atoms with Crippen molar-refractivity contribution in [1.82, 2.24) is 14.0 Å². The number of hydrogen-bond donors (Lipinski definition) is 0. The lowest BCUT2D eigenvalue weighted by molar-refractivity contribution is -0.138. The van der Waals surface area contributed by atoms with Crippen LogP contribution < -0.4 is 0 Å². The summed E-state index contributed by atoms with van der Waals surface area (Å²) in [6.45, 7) is 5.12. The molecule has 0 bridgehead atoms. The van der Waals surface area contributed by atoms with Crippen LogP contribution in [0.4, 0.5) is 0 Å². The molecule has 100 valence electrons. The topological polar surface area (TPSA) is 48.4 Å². The summed E-state index contributed by atoms with van der Waals surface area (Å²) in [5.74, 6) is -0.500. The van der Waals surface area contributed by atoms with Gasteiger partial charge in [-0.3, -0.25) is 0 Å². The zero-order valence-corrected chi connectivity index (χ0v) is 12.7. The summed E-state index contributed by atoms with van der Waals surface area (Å²) < 4.78 is 5.87. The van der Waals surface area contributed by atoms with Crippen LogP contribution in [0.1, 0.15) is 6.92 Å². The molecule has 0 amide bonds. The Hall–Kier alpha value is -0.680. The third-order valence-corrected chi connectivity index (χ3v) is 5.71. The van der Waals surface area contributed by atoms with Gasteiger partial charge in [-0.05, 0) is 54.1 Å². The van der Waals surface area contributed by atoms with E-state index in [0.29, 0.717) is 5.57 Å². The second-order valence-electron chi connectivity index (χ2n) is 4.32. The van der Waals surface area contributed by atoms with Crippen LogP contribution in [0.25, 0.3) is 0 Å². The molecule has 0 N–H and O–H groups in total. The third-order valence-electron chi connectivity index (χ3n) is 2.19. The molecule has 0 aliphatic rings. The van der Waals surface area contributed by atoms with E-state index in [1.165, 1.54) is 0 Å². The SMILES string of the molecule is C=C(C)C(=O)ON=P(N(C)C)(N(C)C)N(C)C. The van der Waals surface area contributed by atoms with E-state index in [-0.39, 0.29) is 0 Å². The maximum atomic E-state index is 11.4. The van der Waals surface area contributed by atoms with Crippen molar-refractivity contribution in [2.45, 2.75) is 6.92 Å². The zero-order valence-electron chi connectivity index (χ0n) is 11.8. The summed E-state index contributed by atoms with van der Waals surface area (Å²) in [7, 11) is 9.29. The summed E-state index contributed by atoms with van der Waals surface area (Å²) in [6.07, 6.45) is 0. The Morgan fingerprint density at radius 2 is 1.41 bits per heavy atom. The van der Waals surface area contributed by atoms with Crippen LogP contribution >= 0.6 is 7.51 Å². The molecule has 6 nitrogen and oxygen atoms in total. The van der Waals surface area contributed by atoms with Crippen molar-refractivity contribution in [3.63, 3.8) is 0 Å². The Balaban J connectivity index is 5.38. The molecule has 0 aromatic carbocycles. The van der Waals surface area contributed by atoms with Crippen molar-refractivity contribution in [3.8, 4) is 0 Å². The maximum Gasteiger partial charge on any atom is 0.360 e. The van der Waals surface area contributed by atoms with Gasteiger partial charge >= 0.3 is 5.97 Å². The lowest BCUT2D eigenvalue weighted by Crippen LogP contribution is -2.31. The number of nitrogens with zero attached hydrogens (tertiary/aromatic N) is 4. The van der Waals surface area contributed by atoms with Crippen LogP contribution in [-0.2, 0) is 9.63 Å². The first-order chi connectivity index (χ1) is 7.66. The van der Waals surface area contributed by atoms with E-state index >= 15 is 0 Å². The second kappa shape index (κ2) is 6.31. The van der Waals surface area contributed by atoms with E-state index in [9.17, 15) is 4.79 Å². The summed E-state index contributed by atoms with van der Waals surface area (Å²) in [5, 5.41) is 0. The Bertz CT molecular complexity index is 322. The third kappa shape index (κ3) is 3.64. The molecular formula is C10H23N4O2P. The Morgan fingerprint density at radius 1 is 1.06 bits per heavy atom. The van der Waals surface area contributed by atoms with Gasteiger partial charge in [0, 0.05) is 5.57 Å². The molecule has 7 heteroatoms. The van der Waals surface area contributed by atoms with Crippen LogP contribution in [0.15, 0.2) is 17.1 Å². The molecule has 0 aromatic rings. The first kappa shape index (κ1) is 16.3. The molecule has 17 heavy (non-hydrogen) atoms. The van der Waals surface area contributed by atoms with Gasteiger partial charge in [-0.25, -0.2) is 18.8 Å². The van der Waals surface area contributed by atoms with E-state index in [2.05, 4.69) is 11.5 Å². The molecule has 0 spiro atoms. The fourth-order valence-electron chi connectivity index (χ4n) is 1.46. The quantitative estimate of drug-likeness (QED) is 0.428. The average molecular weight is 262 g/mol. The van der Waals surface area contributed by atoms with E-state index in [4.69, 9.17) is 4.84 Å². The van der Waals surface area contributed by atoms with Crippen LogP contribution in [-0.4, -0.2) is 62.3 Å². The fraction of sp³-hybridized carbons (Fsp3) is 0.700. The van der Waals surface area contributed by atoms with Gasteiger partial charge in [0.1, 0.15) is 0 Å². The first-order valence-corrected chi connectivity index (χ1v) is 6.78. The first-order valence-electron chi connectivity index (χ1n) is 5.18. The minimum absolute atomic E-state index is 0.336. The summed E-state index contributed by atoms with van der Waals surface area (Å²) >= 11 is 0. The van der Waals surface area contributed by atoms with Crippen LogP contribution in [0, 0.1) is 0 Å². The molecule has 0 saturated heterocycles. The van der Waals surface area contributed by atoms with Gasteiger partial charge in [-0.1, -0.05) is 6.58 Å². The Labute approximate surface area is 104 Å². The number of rotatable bonds is 5. The van der Waals surface area contributed by atoms with Crippen LogP contribution in [0.2, 0.25) is 0 Å². The highest BCUT2D eigenvalue weighted by Gasteiger charge is 2.30. The molecule has 0 unspecified atom stereocenters. The smallest absolute Gasteiger partial charge is 0.311 e. The summed E-state index contributed by atoms with van der Waals surface area (Å²) in [4.78, 5) is 20.5. The van der Waals surface area contributed by atoms with Crippen LogP contribution in [0.3, 0.4) is 0 Å². The van der Waals surface area contributed by atoms with Gasteiger partial charge in [0.25, 0.3) is 0 Å². The molecule has 0 aliphatic carbocycles. The molecule has 0 heterocycles. The van der Waals surface area contributed by atoms with E-state index in [1.807, 2.05) is 56.3 Å². The minimum atomic E-state index is -2.16. The Kier molecular flexibility index (Phi) is 6.05. The number of carbonyl (C=O) groups is 1. The van der Waals surface area contributed by atoms with Crippen molar-refractivity contribution in [3.05, 3.63) is 12.2 Å². The van der Waals surface area contributed by atoms with Gasteiger partial charge in [0.15, 0.2) is 0 Å². The summed E-state index contributed by atoms with van der Waals surface area (Å²) in [6, 6.07) is 0. The molecule has 0 aliphatic heterocycles. The predicted octanol–water partition coefficient (Wildman–Crippen LogP) is 1.65. The molecular weight excluding hydrogens is 239 g/mol. The number of hydrogen-bond acceptors (Lipinski definition) is 3. The maximum absolute atomic E-state index is 11.4. The van der Waals surface area contributed by atoms with Crippen molar-refractivity contribution in [2.75, 3.05) is 42.3 Å². The molecule has 0 radical (unpaired) electrons. The lowest BCUT2D eigenvalue weighted by Gasteiger charge is -2.39. The van der Waals surface area contributed by atoms with Crippen molar-refractivity contribution in [2.24, 2.45) is 4.91 Å². The van der Waals surface area contributed by atoms with Crippen molar-refractivity contribution >= 4 is 13.5 Å². The van der Waals surface area contributed by atoms with Gasteiger partial charge in [0.2, 0.25) is 7.51 Å². The van der Waals surface area contributed by atoms with Gasteiger partial charge in [0.05, 0.1) is 0 Å². The molecule has 0 rings (SSSR count). The highest BCUT2D eigenvalue weighted by atomic mass is 31.2. The van der Waals surface area contributed by atoms with Crippen LogP contribution in [0.5, 0.6) is 0 Å². The standard InChI is InChI=1S/C10H23N4O2P/c1-9(2)10(15)16-11-17(12(3)4,13(5)6)14(7)8/h1H2,2-8H3. The zero-order chi connectivity index (χ0) is 13.8. The van der Waals surface area contributed by atoms with E-state index < -0.39 is 13.5 Å². The van der Waals surface area contributed by atoms with Crippen molar-refractivity contribution < 1.29 is 9.63 Å². The van der Waals surface area contributed by atoms with Gasteiger partial charge in [-0.15, -0.1) is 0 Å². The highest BCUT2D eigenvalue weighted by molar-refractivity contribution is 7.58. The minimum Gasteiger partial charge on any atom is -0.311 e. The van der Waals surface area contributed by atoms with Gasteiger partial charge < -0.3 is 4.84 Å². The van der Waals surface area contributed by atoms with E-state index in [0.717, 1.165) is 0 Å². The van der Waals surface area contributed by atoms with E-state index in [1.54, 1.807) is 6.92 Å². The Morgan fingerprint density at radius 3 is 1.65 bits per heavy atom. The monoisotopic (exact) mass is 262 g/mol. The molecule has 0 aromatic heterocycles. The van der Waals surface area contributed by atoms with Crippen molar-refractivity contribution in [1.29, 1.82) is 0 Å². The molecule has 0 fully saturated rings. The highest BCUT2D eigenvalue weighted by Crippen LogP contribution is 2.54. The number of carbonyl (C=O) groups excluding carboxylic acids is 1.